The lowest BCUT2D eigenvalue weighted by Gasteiger charge is -2.10. The van der Waals surface area contributed by atoms with Crippen LogP contribution in [0, 0.1) is 6.92 Å². The summed E-state index contributed by atoms with van der Waals surface area (Å²) < 4.78 is 29.1. The Morgan fingerprint density at radius 2 is 1.74 bits per heavy atom. The van der Waals surface area contributed by atoms with Gasteiger partial charge in [-0.3, -0.25) is 4.98 Å². The van der Waals surface area contributed by atoms with Crippen molar-refractivity contribution in [1.29, 1.82) is 0 Å². The zero-order chi connectivity index (χ0) is 19.4. The number of ether oxygens (including phenoxy) is 1. The van der Waals surface area contributed by atoms with Crippen molar-refractivity contribution < 1.29 is 13.2 Å². The summed E-state index contributed by atoms with van der Waals surface area (Å²) in [7, 11) is -3.22. The Bertz CT molecular complexity index is 1030. The molecule has 0 unspecified atom stereocenters. The molecule has 0 aliphatic carbocycles. The van der Waals surface area contributed by atoms with Gasteiger partial charge in [0.2, 0.25) is 5.88 Å². The van der Waals surface area contributed by atoms with E-state index in [9.17, 15) is 8.42 Å². The Hall–Kier alpha value is -2.73. The van der Waals surface area contributed by atoms with Gasteiger partial charge in [0.05, 0.1) is 10.6 Å². The second-order valence-electron chi connectivity index (χ2n) is 6.45. The highest BCUT2D eigenvalue weighted by Crippen LogP contribution is 2.24. The molecule has 6 heteroatoms. The summed E-state index contributed by atoms with van der Waals surface area (Å²) in [5.74, 6) is 0.539. The van der Waals surface area contributed by atoms with Crippen LogP contribution in [0.25, 0.3) is 11.3 Å². The predicted molar refractivity (Wildman–Crippen MR) is 105 cm³/mol. The Morgan fingerprint density at radius 3 is 2.33 bits per heavy atom. The van der Waals surface area contributed by atoms with E-state index in [4.69, 9.17) is 4.74 Å². The highest BCUT2D eigenvalue weighted by Gasteiger charge is 2.10. The fourth-order valence-corrected chi connectivity index (χ4v) is 3.23. The van der Waals surface area contributed by atoms with Crippen LogP contribution in [-0.2, 0) is 22.9 Å². The van der Waals surface area contributed by atoms with E-state index in [-0.39, 0.29) is 0 Å². The molecular weight excluding hydrogens is 360 g/mol. The number of hydrogen-bond donors (Lipinski definition) is 0. The molecule has 0 atom stereocenters. The third-order valence-electron chi connectivity index (χ3n) is 4.21. The van der Waals surface area contributed by atoms with Gasteiger partial charge in [0.15, 0.2) is 9.84 Å². The number of nitrogens with zero attached hydrogens (tertiary/aromatic N) is 2. The van der Waals surface area contributed by atoms with Gasteiger partial charge >= 0.3 is 0 Å². The van der Waals surface area contributed by atoms with Gasteiger partial charge in [-0.25, -0.2) is 13.4 Å². The number of aromatic nitrogens is 2. The smallest absolute Gasteiger partial charge is 0.214 e. The lowest BCUT2D eigenvalue weighted by molar-refractivity contribution is 0.293. The molecule has 27 heavy (non-hydrogen) atoms. The molecule has 5 nitrogen and oxygen atoms in total. The van der Waals surface area contributed by atoms with Crippen molar-refractivity contribution in [3.63, 3.8) is 0 Å². The Morgan fingerprint density at radius 1 is 1.00 bits per heavy atom. The van der Waals surface area contributed by atoms with Crippen LogP contribution in [-0.4, -0.2) is 24.6 Å². The fourth-order valence-electron chi connectivity index (χ4n) is 2.60. The van der Waals surface area contributed by atoms with Gasteiger partial charge in [-0.1, -0.05) is 25.1 Å². The lowest BCUT2D eigenvalue weighted by Crippen LogP contribution is -2.00. The van der Waals surface area contributed by atoms with Crippen LogP contribution in [0.15, 0.2) is 59.6 Å². The van der Waals surface area contributed by atoms with Crippen LogP contribution in [0.1, 0.15) is 23.7 Å². The third kappa shape index (κ3) is 4.92. The number of hydrogen-bond acceptors (Lipinski definition) is 5. The van der Waals surface area contributed by atoms with Crippen molar-refractivity contribution in [2.45, 2.75) is 31.8 Å². The van der Waals surface area contributed by atoms with Crippen molar-refractivity contribution in [2.24, 2.45) is 0 Å². The number of pyridine rings is 2. The van der Waals surface area contributed by atoms with E-state index in [0.717, 1.165) is 34.5 Å². The first kappa shape index (κ1) is 19.0. The number of rotatable bonds is 6. The third-order valence-corrected chi connectivity index (χ3v) is 5.34. The first-order valence-corrected chi connectivity index (χ1v) is 10.6. The normalized spacial score (nSPS) is 11.4. The molecule has 0 radical (unpaired) electrons. The van der Waals surface area contributed by atoms with Crippen molar-refractivity contribution in [3.8, 4) is 17.1 Å². The lowest BCUT2D eigenvalue weighted by atomic mass is 10.1. The Balaban J connectivity index is 1.85. The van der Waals surface area contributed by atoms with E-state index in [1.165, 1.54) is 6.26 Å². The summed E-state index contributed by atoms with van der Waals surface area (Å²) in [5.41, 5.74) is 4.64. The molecule has 0 N–H and O–H groups in total. The van der Waals surface area contributed by atoms with Crippen molar-refractivity contribution in [2.75, 3.05) is 6.26 Å². The number of benzene rings is 1. The average Bonchev–Trinajstić information content (AvgIpc) is 2.66. The largest absolute Gasteiger partial charge is 0.473 e. The zero-order valence-corrected chi connectivity index (χ0v) is 16.5. The van der Waals surface area contributed by atoms with E-state index in [0.29, 0.717) is 17.4 Å². The van der Waals surface area contributed by atoms with Crippen LogP contribution in [0.3, 0.4) is 0 Å². The highest BCUT2D eigenvalue weighted by atomic mass is 32.2. The maximum absolute atomic E-state index is 11.6. The molecular formula is C21H22N2O3S. The van der Waals surface area contributed by atoms with Crippen molar-refractivity contribution in [3.05, 3.63) is 71.5 Å². The van der Waals surface area contributed by atoms with Crippen molar-refractivity contribution >= 4 is 9.84 Å². The van der Waals surface area contributed by atoms with Crippen LogP contribution in [0.2, 0.25) is 0 Å². The van der Waals surface area contributed by atoms with Crippen LogP contribution in [0.4, 0.5) is 0 Å². The van der Waals surface area contributed by atoms with E-state index < -0.39 is 9.84 Å². The minimum atomic E-state index is -3.22. The molecule has 0 saturated carbocycles. The van der Waals surface area contributed by atoms with Gasteiger partial charge < -0.3 is 4.74 Å². The van der Waals surface area contributed by atoms with Crippen molar-refractivity contribution in [1.82, 2.24) is 9.97 Å². The second-order valence-corrected chi connectivity index (χ2v) is 8.46. The van der Waals surface area contributed by atoms with Gasteiger partial charge in [0.25, 0.3) is 0 Å². The predicted octanol–water partition coefficient (Wildman–Crippen LogP) is 4.00. The zero-order valence-electron chi connectivity index (χ0n) is 15.6. The molecule has 0 saturated heterocycles. The summed E-state index contributed by atoms with van der Waals surface area (Å²) in [6.45, 7) is 4.40. The summed E-state index contributed by atoms with van der Waals surface area (Å²) in [5, 5.41) is 0. The molecule has 3 rings (SSSR count). The molecule has 2 aromatic heterocycles. The van der Waals surface area contributed by atoms with E-state index >= 15 is 0 Å². The minimum Gasteiger partial charge on any atom is -0.473 e. The van der Waals surface area contributed by atoms with Gasteiger partial charge in [0, 0.05) is 35.3 Å². The standard InChI is InChI=1S/C21H22N2O3S/c1-4-16-11-20(18-7-9-19(10-8-18)27(3,24)25)23-21(12-16)26-14-17-6-5-15(2)22-13-17/h5-13H,4,14H2,1-3H3. The number of sulfone groups is 1. The van der Waals surface area contributed by atoms with Crippen LogP contribution < -0.4 is 4.74 Å². The monoisotopic (exact) mass is 382 g/mol. The summed E-state index contributed by atoms with van der Waals surface area (Å²) in [6, 6.07) is 14.6. The average molecular weight is 382 g/mol. The SMILES string of the molecule is CCc1cc(OCc2ccc(C)nc2)nc(-c2ccc(S(C)(=O)=O)cc2)c1. The maximum Gasteiger partial charge on any atom is 0.214 e. The van der Waals surface area contributed by atoms with Gasteiger partial charge in [0.1, 0.15) is 6.61 Å². The van der Waals surface area contributed by atoms with E-state index in [1.54, 1.807) is 30.5 Å². The molecule has 1 aromatic carbocycles. The topological polar surface area (TPSA) is 69.2 Å². The first-order chi connectivity index (χ1) is 12.8. The molecule has 0 amide bonds. The number of aryl methyl sites for hydroxylation is 2. The molecule has 0 spiro atoms. The summed E-state index contributed by atoms with van der Waals surface area (Å²) >= 11 is 0. The highest BCUT2D eigenvalue weighted by molar-refractivity contribution is 7.90. The van der Waals surface area contributed by atoms with Crippen LogP contribution >= 0.6 is 0 Å². The Kier molecular flexibility index (Phi) is 5.56. The minimum absolute atomic E-state index is 0.293. The molecule has 0 fully saturated rings. The maximum atomic E-state index is 11.6. The summed E-state index contributed by atoms with van der Waals surface area (Å²) in [4.78, 5) is 9.15. The molecule has 2 heterocycles. The van der Waals surface area contributed by atoms with E-state index in [1.807, 2.05) is 31.2 Å². The van der Waals surface area contributed by atoms with Crippen LogP contribution in [0.5, 0.6) is 5.88 Å². The molecule has 140 valence electrons. The second kappa shape index (κ2) is 7.88. The fraction of sp³-hybridized carbons (Fsp3) is 0.238. The van der Waals surface area contributed by atoms with Gasteiger partial charge in [-0.15, -0.1) is 0 Å². The van der Waals surface area contributed by atoms with E-state index in [2.05, 4.69) is 16.9 Å². The Labute approximate surface area is 160 Å². The molecule has 0 bridgehead atoms. The molecule has 0 aliphatic heterocycles. The quantitative estimate of drug-likeness (QED) is 0.645. The van der Waals surface area contributed by atoms with Gasteiger partial charge in [-0.2, -0.15) is 0 Å². The first-order valence-electron chi connectivity index (χ1n) is 8.71. The summed E-state index contributed by atoms with van der Waals surface area (Å²) in [6.07, 6.45) is 3.84. The van der Waals surface area contributed by atoms with Gasteiger partial charge in [-0.05, 0) is 43.2 Å². The molecule has 3 aromatic rings. The molecule has 0 aliphatic rings.